The van der Waals surface area contributed by atoms with Gasteiger partial charge in [-0.2, -0.15) is 0 Å². The van der Waals surface area contributed by atoms with Gasteiger partial charge in [-0.1, -0.05) is 42.5 Å². The van der Waals surface area contributed by atoms with E-state index in [-0.39, 0.29) is 17.9 Å². The van der Waals surface area contributed by atoms with Gasteiger partial charge in [0.05, 0.1) is 0 Å². The van der Waals surface area contributed by atoms with Gasteiger partial charge >= 0.3 is 0 Å². The second kappa shape index (κ2) is 10.4. The Hall–Kier alpha value is -2.44. The van der Waals surface area contributed by atoms with Crippen molar-refractivity contribution in [2.45, 2.75) is 51.0 Å². The highest BCUT2D eigenvalue weighted by Gasteiger charge is 2.24. The minimum atomic E-state index is -0.335. The summed E-state index contributed by atoms with van der Waals surface area (Å²) < 4.78 is 0. The number of hydrogen-bond donors (Lipinski definition) is 3. The van der Waals surface area contributed by atoms with Crippen molar-refractivity contribution in [3.63, 3.8) is 0 Å². The second-order valence-electron chi connectivity index (χ2n) is 8.10. The van der Waals surface area contributed by atoms with Crippen molar-refractivity contribution in [3.05, 3.63) is 48.0 Å². The first kappa shape index (κ1) is 21.3. The second-order valence-corrected chi connectivity index (χ2v) is 8.10. The molecule has 2 amide bonds. The molecule has 4 N–H and O–H groups in total. The van der Waals surface area contributed by atoms with Gasteiger partial charge < -0.3 is 10.6 Å². The quantitative estimate of drug-likeness (QED) is 0.471. The van der Waals surface area contributed by atoms with Crippen LogP contribution in [0.4, 0.5) is 0 Å². The van der Waals surface area contributed by atoms with Crippen molar-refractivity contribution in [1.29, 1.82) is 0 Å². The summed E-state index contributed by atoms with van der Waals surface area (Å²) in [7, 11) is 0. The van der Waals surface area contributed by atoms with Crippen LogP contribution in [0.25, 0.3) is 10.8 Å². The molecule has 6 heteroatoms. The summed E-state index contributed by atoms with van der Waals surface area (Å²) in [6.45, 7) is 1.52. The van der Waals surface area contributed by atoms with Gasteiger partial charge in [0.2, 0.25) is 11.8 Å². The van der Waals surface area contributed by atoms with Gasteiger partial charge in [-0.05, 0) is 54.4 Å². The summed E-state index contributed by atoms with van der Waals surface area (Å²) in [5, 5.41) is 10.9. The van der Waals surface area contributed by atoms with E-state index in [4.69, 9.17) is 10.9 Å². The maximum absolute atomic E-state index is 12.6. The molecule has 2 aromatic rings. The van der Waals surface area contributed by atoms with Gasteiger partial charge in [-0.15, -0.1) is 0 Å². The molecule has 1 aliphatic rings. The molecule has 156 valence electrons. The minimum Gasteiger partial charge on any atom is -0.343 e. The lowest BCUT2D eigenvalue weighted by Crippen LogP contribution is -2.41. The molecule has 0 saturated carbocycles. The molecular formula is C23H31N3O3. The van der Waals surface area contributed by atoms with Gasteiger partial charge in [0.15, 0.2) is 0 Å². The van der Waals surface area contributed by atoms with Crippen molar-refractivity contribution in [3.8, 4) is 0 Å². The normalized spacial score (nSPS) is 16.0. The average molecular weight is 398 g/mol. The van der Waals surface area contributed by atoms with Gasteiger partial charge in [0, 0.05) is 32.0 Å². The summed E-state index contributed by atoms with van der Waals surface area (Å²) in [5.41, 5.74) is 9.11. The SMILES string of the molecule is N[C@@H](CC(=O)N1CCC(CCCC(=O)NO)CC1)Cc1ccc2ccccc2c1. The first-order valence-electron chi connectivity index (χ1n) is 10.5. The van der Waals surface area contributed by atoms with Crippen LogP contribution in [0.1, 0.15) is 44.1 Å². The number of nitrogens with zero attached hydrogens (tertiary/aromatic N) is 1. The first-order chi connectivity index (χ1) is 14.0. The molecule has 0 spiro atoms. The summed E-state index contributed by atoms with van der Waals surface area (Å²) in [5.74, 6) is 0.339. The Morgan fingerprint density at radius 2 is 1.86 bits per heavy atom. The molecule has 0 aromatic heterocycles. The fourth-order valence-electron chi connectivity index (χ4n) is 4.17. The minimum absolute atomic E-state index is 0.136. The number of fused-ring (bicyclic) bond motifs is 1. The third-order valence-electron chi connectivity index (χ3n) is 5.86. The molecule has 0 bridgehead atoms. The Morgan fingerprint density at radius 1 is 1.14 bits per heavy atom. The molecule has 1 fully saturated rings. The topological polar surface area (TPSA) is 95.7 Å². The van der Waals surface area contributed by atoms with Crippen LogP contribution in [0.2, 0.25) is 0 Å². The van der Waals surface area contributed by atoms with E-state index in [9.17, 15) is 9.59 Å². The van der Waals surface area contributed by atoms with Crippen molar-refractivity contribution < 1.29 is 14.8 Å². The van der Waals surface area contributed by atoms with E-state index >= 15 is 0 Å². The fourth-order valence-corrected chi connectivity index (χ4v) is 4.17. The number of carbonyl (C=O) groups excluding carboxylic acids is 2. The number of amides is 2. The number of benzene rings is 2. The van der Waals surface area contributed by atoms with E-state index in [0.717, 1.165) is 44.3 Å². The summed E-state index contributed by atoms with van der Waals surface area (Å²) >= 11 is 0. The van der Waals surface area contributed by atoms with Crippen LogP contribution in [-0.2, 0) is 16.0 Å². The van der Waals surface area contributed by atoms with Crippen molar-refractivity contribution in [1.82, 2.24) is 10.4 Å². The third-order valence-corrected chi connectivity index (χ3v) is 5.86. The number of hydroxylamine groups is 1. The largest absolute Gasteiger partial charge is 0.343 e. The zero-order valence-corrected chi connectivity index (χ0v) is 16.8. The highest BCUT2D eigenvalue weighted by atomic mass is 16.5. The number of rotatable bonds is 8. The zero-order chi connectivity index (χ0) is 20.6. The van der Waals surface area contributed by atoms with Gasteiger partial charge in [0.25, 0.3) is 0 Å². The van der Waals surface area contributed by atoms with E-state index in [1.807, 2.05) is 17.0 Å². The molecule has 6 nitrogen and oxygen atoms in total. The predicted octanol–water partition coefficient (Wildman–Crippen LogP) is 3.01. The van der Waals surface area contributed by atoms with Crippen molar-refractivity contribution >= 4 is 22.6 Å². The first-order valence-corrected chi connectivity index (χ1v) is 10.5. The monoisotopic (exact) mass is 397 g/mol. The maximum atomic E-state index is 12.6. The Morgan fingerprint density at radius 3 is 2.59 bits per heavy atom. The molecule has 3 rings (SSSR count). The predicted molar refractivity (Wildman–Crippen MR) is 113 cm³/mol. The summed E-state index contributed by atoms with van der Waals surface area (Å²) in [6.07, 6.45) is 5.06. The Labute approximate surface area is 172 Å². The van der Waals surface area contributed by atoms with Crippen LogP contribution in [0.5, 0.6) is 0 Å². The third kappa shape index (κ3) is 6.27. The number of likely N-dealkylation sites (tertiary alicyclic amines) is 1. The molecule has 1 aliphatic heterocycles. The molecule has 1 atom stereocenters. The number of piperidine rings is 1. The summed E-state index contributed by atoms with van der Waals surface area (Å²) in [4.78, 5) is 25.6. The molecule has 2 aromatic carbocycles. The molecule has 1 heterocycles. The standard InChI is InChI=1S/C23H31N3O3/c24-21(15-18-8-9-19-5-1-2-6-20(19)14-18)16-23(28)26-12-10-17(11-13-26)4-3-7-22(27)25-29/h1-2,5-6,8-9,14,17,21,29H,3-4,7,10-13,15-16,24H2,(H,25,27)/t21-/m1/s1. The van der Waals surface area contributed by atoms with Crippen LogP contribution >= 0.6 is 0 Å². The van der Waals surface area contributed by atoms with Gasteiger partial charge in [0.1, 0.15) is 0 Å². The van der Waals surface area contributed by atoms with Crippen LogP contribution in [0.15, 0.2) is 42.5 Å². The van der Waals surface area contributed by atoms with Crippen LogP contribution in [0, 0.1) is 5.92 Å². The number of hydrogen-bond acceptors (Lipinski definition) is 4. The average Bonchev–Trinajstić information content (AvgIpc) is 2.73. The van der Waals surface area contributed by atoms with E-state index in [0.29, 0.717) is 25.2 Å². The molecule has 29 heavy (non-hydrogen) atoms. The van der Waals surface area contributed by atoms with E-state index in [1.54, 1.807) is 5.48 Å². The molecule has 0 unspecified atom stereocenters. The zero-order valence-electron chi connectivity index (χ0n) is 16.8. The molecule has 1 saturated heterocycles. The van der Waals surface area contributed by atoms with Crippen LogP contribution < -0.4 is 11.2 Å². The van der Waals surface area contributed by atoms with Crippen LogP contribution in [0.3, 0.4) is 0 Å². The van der Waals surface area contributed by atoms with Crippen molar-refractivity contribution in [2.24, 2.45) is 11.7 Å². The number of nitrogens with one attached hydrogen (secondary N) is 1. The van der Waals surface area contributed by atoms with E-state index in [2.05, 4.69) is 30.3 Å². The molecule has 0 aliphatic carbocycles. The fraction of sp³-hybridized carbons (Fsp3) is 0.478. The Kier molecular flexibility index (Phi) is 7.61. The Bertz CT molecular complexity index is 831. The maximum Gasteiger partial charge on any atom is 0.243 e. The summed E-state index contributed by atoms with van der Waals surface area (Å²) in [6, 6.07) is 14.4. The molecule has 0 radical (unpaired) electrons. The van der Waals surface area contributed by atoms with Crippen molar-refractivity contribution in [2.75, 3.05) is 13.1 Å². The lowest BCUT2D eigenvalue weighted by atomic mass is 9.91. The smallest absolute Gasteiger partial charge is 0.243 e. The van der Waals surface area contributed by atoms with Gasteiger partial charge in [-0.3, -0.25) is 14.8 Å². The Balaban J connectivity index is 1.41. The number of carbonyl (C=O) groups is 2. The number of nitrogens with two attached hydrogens (primary N) is 1. The lowest BCUT2D eigenvalue weighted by Gasteiger charge is -2.32. The highest BCUT2D eigenvalue weighted by Crippen LogP contribution is 2.23. The van der Waals surface area contributed by atoms with E-state index in [1.165, 1.54) is 10.8 Å². The van der Waals surface area contributed by atoms with Crippen LogP contribution in [-0.4, -0.2) is 41.1 Å². The highest BCUT2D eigenvalue weighted by molar-refractivity contribution is 5.83. The van der Waals surface area contributed by atoms with Gasteiger partial charge in [-0.25, -0.2) is 5.48 Å². The van der Waals surface area contributed by atoms with E-state index < -0.39 is 0 Å². The lowest BCUT2D eigenvalue weighted by molar-refractivity contribution is -0.133. The molecular weight excluding hydrogens is 366 g/mol.